The number of aromatic nitrogens is 1. The number of rotatable bonds is 3. The first kappa shape index (κ1) is 16.9. The highest BCUT2D eigenvalue weighted by atomic mass is 127. The standard InChI is InChI=1S/C20H18FIN2/c1-13-10-18(6-9-20(13)21)23-12-16-11-14(2)24(15(16)3)19-7-4-17(22)5-8-19/h4-12H,1-3H3. The zero-order valence-corrected chi connectivity index (χ0v) is 16.0. The SMILES string of the molecule is Cc1cc(N=Cc2cc(C)n(-c3ccc(I)cc3)c2C)ccc1F. The van der Waals surface area contributed by atoms with Gasteiger partial charge in [-0.25, -0.2) is 4.39 Å². The summed E-state index contributed by atoms with van der Waals surface area (Å²) < 4.78 is 16.8. The van der Waals surface area contributed by atoms with Crippen molar-refractivity contribution in [2.45, 2.75) is 20.8 Å². The van der Waals surface area contributed by atoms with Gasteiger partial charge in [0.1, 0.15) is 5.82 Å². The van der Waals surface area contributed by atoms with Crippen LogP contribution in [0.15, 0.2) is 53.5 Å². The lowest BCUT2D eigenvalue weighted by Crippen LogP contribution is -1.99. The molecule has 0 N–H and O–H groups in total. The molecule has 4 heteroatoms. The minimum atomic E-state index is -0.203. The molecular formula is C20H18FIN2. The van der Waals surface area contributed by atoms with Crippen molar-refractivity contribution in [1.82, 2.24) is 4.57 Å². The summed E-state index contributed by atoms with van der Waals surface area (Å²) in [5.74, 6) is -0.203. The highest BCUT2D eigenvalue weighted by molar-refractivity contribution is 14.1. The Morgan fingerprint density at radius 1 is 1.00 bits per heavy atom. The third kappa shape index (κ3) is 3.43. The van der Waals surface area contributed by atoms with Crippen LogP contribution in [-0.2, 0) is 0 Å². The monoisotopic (exact) mass is 432 g/mol. The van der Waals surface area contributed by atoms with Gasteiger partial charge in [0.25, 0.3) is 0 Å². The summed E-state index contributed by atoms with van der Waals surface area (Å²) in [6.07, 6.45) is 1.85. The lowest BCUT2D eigenvalue weighted by atomic mass is 10.2. The van der Waals surface area contributed by atoms with Crippen molar-refractivity contribution < 1.29 is 4.39 Å². The molecule has 0 aliphatic heterocycles. The van der Waals surface area contributed by atoms with Gasteiger partial charge in [-0.3, -0.25) is 4.99 Å². The predicted octanol–water partition coefficient (Wildman–Crippen LogP) is 5.90. The van der Waals surface area contributed by atoms with Gasteiger partial charge in [-0.2, -0.15) is 0 Å². The third-order valence-corrected chi connectivity index (χ3v) is 4.77. The van der Waals surface area contributed by atoms with Gasteiger partial charge in [-0.05, 0) is 97.5 Å². The molecule has 0 spiro atoms. The zero-order valence-electron chi connectivity index (χ0n) is 13.8. The molecule has 0 radical (unpaired) electrons. The van der Waals surface area contributed by atoms with E-state index in [2.05, 4.69) is 76.3 Å². The highest BCUT2D eigenvalue weighted by Gasteiger charge is 2.09. The summed E-state index contributed by atoms with van der Waals surface area (Å²) in [6.45, 7) is 5.92. The van der Waals surface area contributed by atoms with E-state index in [9.17, 15) is 4.39 Å². The van der Waals surface area contributed by atoms with E-state index in [0.717, 1.165) is 28.3 Å². The van der Waals surface area contributed by atoms with Crippen LogP contribution in [0.1, 0.15) is 22.5 Å². The highest BCUT2D eigenvalue weighted by Crippen LogP contribution is 2.22. The third-order valence-electron chi connectivity index (χ3n) is 4.05. The van der Waals surface area contributed by atoms with E-state index in [4.69, 9.17) is 0 Å². The average Bonchev–Trinajstić information content (AvgIpc) is 2.84. The number of benzene rings is 2. The van der Waals surface area contributed by atoms with Crippen molar-refractivity contribution in [1.29, 1.82) is 0 Å². The maximum atomic E-state index is 13.3. The number of hydrogen-bond donors (Lipinski definition) is 0. The molecule has 24 heavy (non-hydrogen) atoms. The molecule has 0 aliphatic carbocycles. The molecule has 0 unspecified atom stereocenters. The molecule has 0 amide bonds. The minimum Gasteiger partial charge on any atom is -0.318 e. The Morgan fingerprint density at radius 2 is 1.71 bits per heavy atom. The van der Waals surface area contributed by atoms with E-state index in [-0.39, 0.29) is 5.82 Å². The second kappa shape index (κ2) is 6.89. The molecule has 1 aromatic heterocycles. The Hall–Kier alpha value is -1.95. The molecule has 0 atom stereocenters. The van der Waals surface area contributed by atoms with Crippen molar-refractivity contribution in [3.63, 3.8) is 0 Å². The van der Waals surface area contributed by atoms with Crippen LogP contribution in [0.5, 0.6) is 0 Å². The lowest BCUT2D eigenvalue weighted by molar-refractivity contribution is 0.618. The average molecular weight is 432 g/mol. The van der Waals surface area contributed by atoms with E-state index in [1.54, 1.807) is 19.1 Å². The summed E-state index contributed by atoms with van der Waals surface area (Å²) in [5, 5.41) is 0. The summed E-state index contributed by atoms with van der Waals surface area (Å²) >= 11 is 2.31. The van der Waals surface area contributed by atoms with E-state index in [1.807, 2.05) is 6.21 Å². The van der Waals surface area contributed by atoms with Gasteiger partial charge >= 0.3 is 0 Å². The molecule has 0 aliphatic rings. The fourth-order valence-electron chi connectivity index (χ4n) is 2.76. The van der Waals surface area contributed by atoms with Crippen LogP contribution >= 0.6 is 22.6 Å². The lowest BCUT2D eigenvalue weighted by Gasteiger charge is -2.09. The number of aryl methyl sites for hydroxylation is 2. The van der Waals surface area contributed by atoms with Gasteiger partial charge in [0.15, 0.2) is 0 Å². The minimum absolute atomic E-state index is 0.203. The van der Waals surface area contributed by atoms with E-state index in [0.29, 0.717) is 5.56 Å². The first-order valence-electron chi connectivity index (χ1n) is 7.71. The van der Waals surface area contributed by atoms with Crippen LogP contribution in [0.25, 0.3) is 5.69 Å². The van der Waals surface area contributed by atoms with Crippen molar-refractivity contribution in [2.75, 3.05) is 0 Å². The Kier molecular flexibility index (Phi) is 4.85. The molecule has 0 fully saturated rings. The topological polar surface area (TPSA) is 17.3 Å². The van der Waals surface area contributed by atoms with Gasteiger partial charge in [-0.1, -0.05) is 0 Å². The van der Waals surface area contributed by atoms with E-state index in [1.165, 1.54) is 9.64 Å². The van der Waals surface area contributed by atoms with Crippen LogP contribution in [-0.4, -0.2) is 10.8 Å². The van der Waals surface area contributed by atoms with Crippen LogP contribution in [0.4, 0.5) is 10.1 Å². The van der Waals surface area contributed by atoms with Gasteiger partial charge in [0.05, 0.1) is 5.69 Å². The molecule has 2 nitrogen and oxygen atoms in total. The molecule has 122 valence electrons. The molecule has 3 aromatic rings. The summed E-state index contributed by atoms with van der Waals surface area (Å²) in [4.78, 5) is 4.50. The van der Waals surface area contributed by atoms with Gasteiger partial charge in [0, 0.05) is 32.4 Å². The molecule has 3 rings (SSSR count). The summed E-state index contributed by atoms with van der Waals surface area (Å²) in [5.41, 5.74) is 5.86. The predicted molar refractivity (Wildman–Crippen MR) is 106 cm³/mol. The molecule has 2 aromatic carbocycles. The van der Waals surface area contributed by atoms with E-state index >= 15 is 0 Å². The molecular weight excluding hydrogens is 414 g/mol. The fraction of sp³-hybridized carbons (Fsp3) is 0.150. The first-order chi connectivity index (χ1) is 11.5. The van der Waals surface area contributed by atoms with Crippen LogP contribution in [0.3, 0.4) is 0 Å². The summed E-state index contributed by atoms with van der Waals surface area (Å²) in [7, 11) is 0. The van der Waals surface area contributed by atoms with Crippen molar-refractivity contribution in [3.05, 3.63) is 80.4 Å². The summed E-state index contributed by atoms with van der Waals surface area (Å²) in [6, 6.07) is 15.5. The molecule has 0 bridgehead atoms. The number of halogens is 2. The molecule has 0 saturated heterocycles. The number of nitrogens with zero attached hydrogens (tertiary/aromatic N) is 2. The largest absolute Gasteiger partial charge is 0.318 e. The Morgan fingerprint density at radius 3 is 2.38 bits per heavy atom. The second-order valence-corrected chi connectivity index (χ2v) is 7.08. The molecule has 1 heterocycles. The number of aliphatic imine (C=N–C) groups is 1. The Labute approximate surface area is 155 Å². The van der Waals surface area contributed by atoms with Crippen LogP contribution in [0.2, 0.25) is 0 Å². The molecule has 0 saturated carbocycles. The zero-order chi connectivity index (χ0) is 17.3. The maximum absolute atomic E-state index is 13.3. The van der Waals surface area contributed by atoms with Crippen LogP contribution < -0.4 is 0 Å². The smallest absolute Gasteiger partial charge is 0.126 e. The van der Waals surface area contributed by atoms with Crippen LogP contribution in [0, 0.1) is 30.2 Å². The van der Waals surface area contributed by atoms with Gasteiger partial charge in [0.2, 0.25) is 0 Å². The maximum Gasteiger partial charge on any atom is 0.126 e. The quantitative estimate of drug-likeness (QED) is 0.363. The normalized spacial score (nSPS) is 11.4. The fourth-order valence-corrected chi connectivity index (χ4v) is 3.12. The first-order valence-corrected chi connectivity index (χ1v) is 8.78. The number of hydrogen-bond acceptors (Lipinski definition) is 1. The van der Waals surface area contributed by atoms with Crippen molar-refractivity contribution in [3.8, 4) is 5.69 Å². The Bertz CT molecular complexity index is 908. The van der Waals surface area contributed by atoms with Gasteiger partial charge < -0.3 is 4.57 Å². The van der Waals surface area contributed by atoms with Gasteiger partial charge in [-0.15, -0.1) is 0 Å². The van der Waals surface area contributed by atoms with Crippen molar-refractivity contribution >= 4 is 34.5 Å². The Balaban J connectivity index is 1.95. The van der Waals surface area contributed by atoms with Crippen molar-refractivity contribution in [2.24, 2.45) is 4.99 Å². The van der Waals surface area contributed by atoms with E-state index < -0.39 is 0 Å². The second-order valence-electron chi connectivity index (χ2n) is 5.83.